The second-order valence-corrected chi connectivity index (χ2v) is 4.61. The van der Waals surface area contributed by atoms with E-state index in [0.29, 0.717) is 18.4 Å². The van der Waals surface area contributed by atoms with Gasteiger partial charge in [-0.05, 0) is 50.7 Å². The summed E-state index contributed by atoms with van der Waals surface area (Å²) in [5.74, 6) is 0.313. The van der Waals surface area contributed by atoms with Crippen molar-refractivity contribution >= 4 is 0 Å². The van der Waals surface area contributed by atoms with Gasteiger partial charge in [-0.3, -0.25) is 0 Å². The smallest absolute Gasteiger partial charge is 0.492 e. The number of halogens is 3. The highest BCUT2D eigenvalue weighted by Gasteiger charge is 2.31. The van der Waals surface area contributed by atoms with Crippen molar-refractivity contribution in [2.75, 3.05) is 20.2 Å². The second-order valence-electron chi connectivity index (χ2n) is 4.61. The Labute approximate surface area is 109 Å². The van der Waals surface area contributed by atoms with Crippen LogP contribution in [-0.4, -0.2) is 37.5 Å². The predicted molar refractivity (Wildman–Crippen MR) is 64.3 cm³/mol. The van der Waals surface area contributed by atoms with Crippen molar-refractivity contribution in [1.29, 1.82) is 0 Å². The molecule has 1 heterocycles. The summed E-state index contributed by atoms with van der Waals surface area (Å²) in [6.07, 6.45) is -2.41. The van der Waals surface area contributed by atoms with Gasteiger partial charge >= 0.3 is 6.36 Å². The quantitative estimate of drug-likeness (QED) is 0.843. The predicted octanol–water partition coefficient (Wildman–Crippen LogP) is 3.06. The summed E-state index contributed by atoms with van der Waals surface area (Å²) >= 11 is 0. The number of likely N-dealkylation sites (tertiary alicyclic amines) is 1. The Morgan fingerprint density at radius 2 is 1.84 bits per heavy atom. The molecular weight excluding hydrogens is 259 g/mol. The molecule has 0 spiro atoms. The van der Waals surface area contributed by atoms with E-state index in [1.165, 1.54) is 24.3 Å². The number of hydrogen-bond donors (Lipinski definition) is 0. The zero-order valence-electron chi connectivity index (χ0n) is 10.6. The Morgan fingerprint density at radius 1 is 1.21 bits per heavy atom. The second kappa shape index (κ2) is 5.69. The Bertz CT molecular complexity index is 405. The summed E-state index contributed by atoms with van der Waals surface area (Å²) in [6, 6.07) is 5.85. The first-order valence-corrected chi connectivity index (χ1v) is 6.13. The van der Waals surface area contributed by atoms with Crippen LogP contribution in [0, 0.1) is 0 Å². The summed E-state index contributed by atoms with van der Waals surface area (Å²) in [6.45, 7) is 1.61. The van der Waals surface area contributed by atoms with Gasteiger partial charge in [-0.1, -0.05) is 0 Å². The third-order valence-electron chi connectivity index (χ3n) is 3.17. The van der Waals surface area contributed by atoms with E-state index >= 15 is 0 Å². The van der Waals surface area contributed by atoms with Crippen LogP contribution in [0.15, 0.2) is 24.3 Å². The molecule has 106 valence electrons. The normalized spacial score (nSPS) is 20.5. The molecule has 0 saturated carbocycles. The van der Waals surface area contributed by atoms with Gasteiger partial charge in [-0.2, -0.15) is 0 Å². The number of ether oxygens (including phenoxy) is 2. The number of alkyl halides is 3. The van der Waals surface area contributed by atoms with E-state index in [4.69, 9.17) is 4.74 Å². The van der Waals surface area contributed by atoms with Crippen LogP contribution >= 0.6 is 0 Å². The van der Waals surface area contributed by atoms with Gasteiger partial charge in [0.15, 0.2) is 0 Å². The van der Waals surface area contributed by atoms with Gasteiger partial charge in [0.05, 0.1) is 0 Å². The standard InChI is InChI=1S/C13H16F3NO2/c1-17-8-2-3-10(17)9-18-11-4-6-12(7-5-11)19-13(14,15)16/h4-7,10H,2-3,8-9H2,1H3/t10-/m0/s1. The highest BCUT2D eigenvalue weighted by Crippen LogP contribution is 2.25. The molecular formula is C13H16F3NO2. The van der Waals surface area contributed by atoms with Crippen molar-refractivity contribution in [3.8, 4) is 11.5 Å². The van der Waals surface area contributed by atoms with Crippen molar-refractivity contribution in [3.05, 3.63) is 24.3 Å². The summed E-state index contributed by atoms with van der Waals surface area (Å²) in [7, 11) is 2.04. The molecule has 1 aliphatic rings. The minimum atomic E-state index is -4.66. The van der Waals surface area contributed by atoms with Crippen LogP contribution in [0.5, 0.6) is 11.5 Å². The van der Waals surface area contributed by atoms with E-state index in [1.54, 1.807) is 0 Å². The van der Waals surface area contributed by atoms with Crippen LogP contribution in [0.25, 0.3) is 0 Å². The fourth-order valence-electron chi connectivity index (χ4n) is 2.12. The van der Waals surface area contributed by atoms with E-state index in [2.05, 4.69) is 9.64 Å². The van der Waals surface area contributed by atoms with Crippen molar-refractivity contribution in [3.63, 3.8) is 0 Å². The monoisotopic (exact) mass is 275 g/mol. The summed E-state index contributed by atoms with van der Waals surface area (Å²) < 4.78 is 45.3. The zero-order valence-corrected chi connectivity index (χ0v) is 10.6. The SMILES string of the molecule is CN1CCC[C@H]1COc1ccc(OC(F)(F)F)cc1. The molecule has 3 nitrogen and oxygen atoms in total. The van der Waals surface area contributed by atoms with Gasteiger partial charge in [-0.25, -0.2) is 0 Å². The van der Waals surface area contributed by atoms with Gasteiger partial charge in [0.25, 0.3) is 0 Å². The molecule has 1 atom stereocenters. The number of likely N-dealkylation sites (N-methyl/N-ethyl adjacent to an activating group) is 1. The first-order valence-electron chi connectivity index (χ1n) is 6.13. The van der Waals surface area contributed by atoms with Crippen molar-refractivity contribution in [1.82, 2.24) is 4.90 Å². The van der Waals surface area contributed by atoms with Gasteiger partial charge in [0.1, 0.15) is 18.1 Å². The fourth-order valence-corrected chi connectivity index (χ4v) is 2.12. The van der Waals surface area contributed by atoms with Crippen LogP contribution in [-0.2, 0) is 0 Å². The summed E-state index contributed by atoms with van der Waals surface area (Å²) in [5, 5.41) is 0. The molecule has 0 aromatic heterocycles. The molecule has 1 aliphatic heterocycles. The average molecular weight is 275 g/mol. The minimum Gasteiger partial charge on any atom is -0.492 e. The maximum atomic E-state index is 12.0. The zero-order chi connectivity index (χ0) is 13.9. The molecule has 0 amide bonds. The number of nitrogens with zero attached hydrogens (tertiary/aromatic N) is 1. The molecule has 1 saturated heterocycles. The lowest BCUT2D eigenvalue weighted by atomic mass is 10.2. The van der Waals surface area contributed by atoms with E-state index in [1.807, 2.05) is 7.05 Å². The third kappa shape index (κ3) is 4.31. The summed E-state index contributed by atoms with van der Waals surface area (Å²) in [5.41, 5.74) is 0. The van der Waals surface area contributed by atoms with Crippen LogP contribution in [0.2, 0.25) is 0 Å². The van der Waals surface area contributed by atoms with Crippen molar-refractivity contribution in [2.45, 2.75) is 25.2 Å². The van der Waals surface area contributed by atoms with E-state index in [9.17, 15) is 13.2 Å². The molecule has 0 radical (unpaired) electrons. The highest BCUT2D eigenvalue weighted by molar-refractivity contribution is 5.31. The lowest BCUT2D eigenvalue weighted by molar-refractivity contribution is -0.274. The van der Waals surface area contributed by atoms with Crippen molar-refractivity contribution in [2.24, 2.45) is 0 Å². The molecule has 6 heteroatoms. The van der Waals surface area contributed by atoms with E-state index in [0.717, 1.165) is 19.4 Å². The molecule has 1 aromatic carbocycles. The molecule has 1 fully saturated rings. The maximum absolute atomic E-state index is 12.0. The van der Waals surface area contributed by atoms with Crippen LogP contribution in [0.4, 0.5) is 13.2 Å². The largest absolute Gasteiger partial charge is 0.573 e. The number of rotatable bonds is 4. The Balaban J connectivity index is 1.85. The third-order valence-corrected chi connectivity index (χ3v) is 3.17. The van der Waals surface area contributed by atoms with Gasteiger partial charge < -0.3 is 14.4 Å². The minimum absolute atomic E-state index is 0.238. The highest BCUT2D eigenvalue weighted by atomic mass is 19.4. The lowest BCUT2D eigenvalue weighted by Gasteiger charge is -2.19. The van der Waals surface area contributed by atoms with Crippen LogP contribution < -0.4 is 9.47 Å². The number of hydrogen-bond acceptors (Lipinski definition) is 3. The Morgan fingerprint density at radius 3 is 2.37 bits per heavy atom. The molecule has 0 bridgehead atoms. The first-order chi connectivity index (χ1) is 8.94. The first kappa shape index (κ1) is 14.0. The van der Waals surface area contributed by atoms with Crippen LogP contribution in [0.1, 0.15) is 12.8 Å². The average Bonchev–Trinajstić information content (AvgIpc) is 2.72. The molecule has 1 aromatic rings. The Kier molecular flexibility index (Phi) is 4.19. The molecule has 19 heavy (non-hydrogen) atoms. The number of benzene rings is 1. The molecule has 0 aliphatic carbocycles. The van der Waals surface area contributed by atoms with Gasteiger partial charge in [0.2, 0.25) is 0 Å². The Hall–Kier alpha value is -1.43. The van der Waals surface area contributed by atoms with Crippen molar-refractivity contribution < 1.29 is 22.6 Å². The molecule has 2 rings (SSSR count). The molecule has 0 N–H and O–H groups in total. The van der Waals surface area contributed by atoms with Gasteiger partial charge in [-0.15, -0.1) is 13.2 Å². The van der Waals surface area contributed by atoms with Gasteiger partial charge in [0, 0.05) is 6.04 Å². The maximum Gasteiger partial charge on any atom is 0.573 e. The van der Waals surface area contributed by atoms with E-state index in [-0.39, 0.29) is 5.75 Å². The summed E-state index contributed by atoms with van der Waals surface area (Å²) in [4.78, 5) is 2.22. The fraction of sp³-hybridized carbons (Fsp3) is 0.538. The lowest BCUT2D eigenvalue weighted by Crippen LogP contribution is -2.30. The molecule has 0 unspecified atom stereocenters. The van der Waals surface area contributed by atoms with Crippen LogP contribution in [0.3, 0.4) is 0 Å². The topological polar surface area (TPSA) is 21.7 Å². The van der Waals surface area contributed by atoms with E-state index < -0.39 is 6.36 Å².